The highest BCUT2D eigenvalue weighted by Gasteiger charge is 2.13. The smallest absolute Gasteiger partial charge is 0.136 e. The summed E-state index contributed by atoms with van der Waals surface area (Å²) in [5, 5.41) is 15.1. The van der Waals surface area contributed by atoms with Crippen LogP contribution in [0.3, 0.4) is 0 Å². The normalized spacial score (nSPS) is 11.1. The Bertz CT molecular complexity index is 601. The molecule has 4 nitrogen and oxygen atoms in total. The molecule has 2 aromatic rings. The predicted octanol–water partition coefficient (Wildman–Crippen LogP) is 3.14. The lowest BCUT2D eigenvalue weighted by Gasteiger charge is -2.21. The molecule has 1 heterocycles. The van der Waals surface area contributed by atoms with Gasteiger partial charge in [-0.15, -0.1) is 0 Å². The number of rotatable bonds is 5. The van der Waals surface area contributed by atoms with Crippen molar-refractivity contribution in [3.63, 3.8) is 0 Å². The maximum Gasteiger partial charge on any atom is 0.136 e. The average molecular weight is 294 g/mol. The molecule has 2 N–H and O–H groups in total. The van der Waals surface area contributed by atoms with Gasteiger partial charge in [0.05, 0.1) is 23.5 Å². The number of likely N-dealkylation sites (N-methyl/N-ethyl adjacent to an activating group) is 1. The van der Waals surface area contributed by atoms with Gasteiger partial charge in [-0.3, -0.25) is 0 Å². The third kappa shape index (κ3) is 2.97. The van der Waals surface area contributed by atoms with Gasteiger partial charge in [0.25, 0.3) is 0 Å². The molecule has 108 valence electrons. The second kappa shape index (κ2) is 6.29. The molecule has 1 aromatic carbocycles. The predicted molar refractivity (Wildman–Crippen MR) is 85.9 cm³/mol. The van der Waals surface area contributed by atoms with E-state index in [4.69, 9.17) is 16.7 Å². The van der Waals surface area contributed by atoms with E-state index in [0.717, 1.165) is 22.3 Å². The Kier molecular flexibility index (Phi) is 4.68. The van der Waals surface area contributed by atoms with Gasteiger partial charge in [-0.1, -0.05) is 23.7 Å². The van der Waals surface area contributed by atoms with Crippen LogP contribution in [0.1, 0.15) is 13.8 Å². The Morgan fingerprint density at radius 2 is 2.15 bits per heavy atom. The molecule has 0 atom stereocenters. The van der Waals surface area contributed by atoms with E-state index in [-0.39, 0.29) is 6.61 Å². The standard InChI is InChI=1S/C15H20ClN3O/c1-10(2)18-13-9-17-15(19(3)7-8-20)11-5-4-6-12(16)14(11)13/h4-6,9-10,18,20H,7-8H2,1-3H3. The monoisotopic (exact) mass is 293 g/mol. The number of aromatic nitrogens is 1. The van der Waals surface area contributed by atoms with Crippen LogP contribution in [0.25, 0.3) is 10.8 Å². The molecular weight excluding hydrogens is 274 g/mol. The number of aliphatic hydroxyl groups is 1. The number of hydrogen-bond acceptors (Lipinski definition) is 4. The van der Waals surface area contributed by atoms with Gasteiger partial charge in [-0.25, -0.2) is 4.98 Å². The molecule has 0 saturated heterocycles. The second-order valence-corrected chi connectivity index (χ2v) is 5.51. The summed E-state index contributed by atoms with van der Waals surface area (Å²) in [7, 11) is 1.91. The molecule has 0 unspecified atom stereocenters. The van der Waals surface area contributed by atoms with Gasteiger partial charge in [0, 0.05) is 30.4 Å². The number of fused-ring (bicyclic) bond motifs is 1. The minimum absolute atomic E-state index is 0.0895. The van der Waals surface area contributed by atoms with Crippen LogP contribution in [0.5, 0.6) is 0 Å². The fourth-order valence-electron chi connectivity index (χ4n) is 2.22. The third-order valence-electron chi connectivity index (χ3n) is 3.08. The van der Waals surface area contributed by atoms with E-state index in [1.54, 1.807) is 6.20 Å². The van der Waals surface area contributed by atoms with Crippen molar-refractivity contribution in [1.82, 2.24) is 4.98 Å². The number of nitrogens with zero attached hydrogens (tertiary/aromatic N) is 2. The first-order chi connectivity index (χ1) is 9.54. The Morgan fingerprint density at radius 1 is 1.40 bits per heavy atom. The van der Waals surface area contributed by atoms with Crippen molar-refractivity contribution in [2.45, 2.75) is 19.9 Å². The highest BCUT2D eigenvalue weighted by molar-refractivity contribution is 6.37. The lowest BCUT2D eigenvalue weighted by Crippen LogP contribution is -2.22. The number of aliphatic hydroxyl groups excluding tert-OH is 1. The van der Waals surface area contributed by atoms with Crippen LogP contribution in [0.2, 0.25) is 5.02 Å². The molecule has 0 saturated carbocycles. The first kappa shape index (κ1) is 14.9. The van der Waals surface area contributed by atoms with Gasteiger partial charge in [-0.2, -0.15) is 0 Å². The number of benzene rings is 1. The van der Waals surface area contributed by atoms with Gasteiger partial charge in [-0.05, 0) is 19.9 Å². The van der Waals surface area contributed by atoms with Crippen molar-refractivity contribution in [3.05, 3.63) is 29.4 Å². The molecule has 1 aromatic heterocycles. The summed E-state index contributed by atoms with van der Waals surface area (Å²) in [5.74, 6) is 0.825. The quantitative estimate of drug-likeness (QED) is 0.889. The van der Waals surface area contributed by atoms with Crippen LogP contribution in [-0.2, 0) is 0 Å². The summed E-state index contributed by atoms with van der Waals surface area (Å²) in [6.07, 6.45) is 1.80. The van der Waals surface area contributed by atoms with Crippen molar-refractivity contribution in [1.29, 1.82) is 0 Å². The average Bonchev–Trinajstić information content (AvgIpc) is 2.38. The maximum absolute atomic E-state index is 9.09. The molecule has 0 aliphatic carbocycles. The van der Waals surface area contributed by atoms with Crippen molar-refractivity contribution < 1.29 is 5.11 Å². The summed E-state index contributed by atoms with van der Waals surface area (Å²) in [6, 6.07) is 6.10. The lowest BCUT2D eigenvalue weighted by atomic mass is 10.1. The molecule has 0 bridgehead atoms. The highest BCUT2D eigenvalue weighted by Crippen LogP contribution is 2.35. The van der Waals surface area contributed by atoms with E-state index in [1.807, 2.05) is 30.1 Å². The molecule has 2 rings (SSSR count). The Hall–Kier alpha value is -1.52. The summed E-state index contributed by atoms with van der Waals surface area (Å²) < 4.78 is 0. The van der Waals surface area contributed by atoms with Crippen molar-refractivity contribution in [2.75, 3.05) is 30.4 Å². The molecule has 0 amide bonds. The van der Waals surface area contributed by atoms with Gasteiger partial charge < -0.3 is 15.3 Å². The summed E-state index contributed by atoms with van der Waals surface area (Å²) in [5.41, 5.74) is 0.932. The van der Waals surface area contributed by atoms with E-state index in [0.29, 0.717) is 17.6 Å². The zero-order valence-electron chi connectivity index (χ0n) is 12.0. The van der Waals surface area contributed by atoms with Crippen LogP contribution >= 0.6 is 11.6 Å². The number of pyridine rings is 1. The van der Waals surface area contributed by atoms with Crippen molar-refractivity contribution in [2.24, 2.45) is 0 Å². The van der Waals surface area contributed by atoms with E-state index < -0.39 is 0 Å². The first-order valence-corrected chi connectivity index (χ1v) is 7.08. The van der Waals surface area contributed by atoms with Crippen LogP contribution in [0.15, 0.2) is 24.4 Å². The Morgan fingerprint density at radius 3 is 2.80 bits per heavy atom. The summed E-state index contributed by atoms with van der Waals surface area (Å²) in [4.78, 5) is 6.44. The Labute approximate surface area is 124 Å². The van der Waals surface area contributed by atoms with E-state index in [9.17, 15) is 0 Å². The topological polar surface area (TPSA) is 48.4 Å². The van der Waals surface area contributed by atoms with Crippen molar-refractivity contribution in [3.8, 4) is 0 Å². The van der Waals surface area contributed by atoms with Gasteiger partial charge in [0.1, 0.15) is 5.82 Å². The summed E-state index contributed by atoms with van der Waals surface area (Å²) >= 11 is 6.36. The molecule has 0 aliphatic heterocycles. The minimum atomic E-state index is 0.0895. The minimum Gasteiger partial charge on any atom is -0.395 e. The maximum atomic E-state index is 9.09. The van der Waals surface area contributed by atoms with E-state index in [1.165, 1.54) is 0 Å². The number of nitrogens with one attached hydrogen (secondary N) is 1. The molecule has 0 radical (unpaired) electrons. The van der Waals surface area contributed by atoms with Crippen LogP contribution in [0.4, 0.5) is 11.5 Å². The van der Waals surface area contributed by atoms with E-state index >= 15 is 0 Å². The lowest BCUT2D eigenvalue weighted by molar-refractivity contribution is 0.304. The SMILES string of the molecule is CC(C)Nc1cnc(N(C)CCO)c2cccc(Cl)c12. The van der Waals surface area contributed by atoms with Gasteiger partial charge in [0.15, 0.2) is 0 Å². The zero-order chi connectivity index (χ0) is 14.7. The number of anilines is 2. The van der Waals surface area contributed by atoms with Crippen LogP contribution in [0, 0.1) is 0 Å². The molecule has 0 aliphatic rings. The highest BCUT2D eigenvalue weighted by atomic mass is 35.5. The van der Waals surface area contributed by atoms with E-state index in [2.05, 4.69) is 24.1 Å². The van der Waals surface area contributed by atoms with Gasteiger partial charge >= 0.3 is 0 Å². The zero-order valence-corrected chi connectivity index (χ0v) is 12.8. The third-order valence-corrected chi connectivity index (χ3v) is 3.40. The first-order valence-electron chi connectivity index (χ1n) is 6.70. The molecule has 0 fully saturated rings. The van der Waals surface area contributed by atoms with Gasteiger partial charge in [0.2, 0.25) is 0 Å². The van der Waals surface area contributed by atoms with Crippen molar-refractivity contribution >= 4 is 33.9 Å². The summed E-state index contributed by atoms with van der Waals surface area (Å²) in [6.45, 7) is 4.78. The molecule has 5 heteroatoms. The fraction of sp³-hybridized carbons (Fsp3) is 0.400. The molecular formula is C15H20ClN3O. The number of halogens is 1. The molecule has 0 spiro atoms. The largest absolute Gasteiger partial charge is 0.395 e. The van der Waals surface area contributed by atoms with Crippen LogP contribution < -0.4 is 10.2 Å². The number of hydrogen-bond donors (Lipinski definition) is 2. The molecule has 20 heavy (non-hydrogen) atoms. The second-order valence-electron chi connectivity index (χ2n) is 5.10. The van der Waals surface area contributed by atoms with Crippen LogP contribution in [-0.4, -0.2) is 36.3 Å². The Balaban J connectivity index is 2.61. The fourth-order valence-corrected chi connectivity index (χ4v) is 2.50.